The number of halogens is 1. The van der Waals surface area contributed by atoms with Gasteiger partial charge in [-0.15, -0.1) is 0 Å². The number of aromatic nitrogens is 5. The molecule has 0 radical (unpaired) electrons. The molecule has 6 nitrogen and oxygen atoms in total. The topological polar surface area (TPSA) is 79.4 Å². The SMILES string of the molecule is Cc1nc(CNc2cc(Br)ncn2)n[nH]1. The van der Waals surface area contributed by atoms with Crippen molar-refractivity contribution >= 4 is 21.7 Å². The van der Waals surface area contributed by atoms with Crippen molar-refractivity contribution in [2.45, 2.75) is 13.5 Å². The second-order valence-electron chi connectivity index (χ2n) is 2.92. The summed E-state index contributed by atoms with van der Waals surface area (Å²) in [7, 11) is 0. The summed E-state index contributed by atoms with van der Waals surface area (Å²) < 4.78 is 0.742. The first kappa shape index (κ1) is 10.0. The smallest absolute Gasteiger partial charge is 0.169 e. The van der Waals surface area contributed by atoms with E-state index in [-0.39, 0.29) is 0 Å². The molecule has 0 bridgehead atoms. The molecule has 0 amide bonds. The molecule has 0 saturated carbocycles. The van der Waals surface area contributed by atoms with Gasteiger partial charge in [0.1, 0.15) is 22.6 Å². The predicted molar refractivity (Wildman–Crippen MR) is 58.2 cm³/mol. The van der Waals surface area contributed by atoms with Crippen LogP contribution in [0.5, 0.6) is 0 Å². The van der Waals surface area contributed by atoms with E-state index in [1.807, 2.05) is 6.92 Å². The Balaban J connectivity index is 1.99. The van der Waals surface area contributed by atoms with Gasteiger partial charge >= 0.3 is 0 Å². The zero-order valence-electron chi connectivity index (χ0n) is 8.03. The molecule has 0 aromatic carbocycles. The van der Waals surface area contributed by atoms with Gasteiger partial charge in [0.25, 0.3) is 0 Å². The van der Waals surface area contributed by atoms with Crippen molar-refractivity contribution in [1.82, 2.24) is 25.1 Å². The lowest BCUT2D eigenvalue weighted by Crippen LogP contribution is -2.03. The lowest BCUT2D eigenvalue weighted by atomic mass is 10.5. The van der Waals surface area contributed by atoms with Gasteiger partial charge in [-0.05, 0) is 22.9 Å². The van der Waals surface area contributed by atoms with Gasteiger partial charge in [0, 0.05) is 6.07 Å². The van der Waals surface area contributed by atoms with Crippen molar-refractivity contribution in [2.75, 3.05) is 5.32 Å². The maximum Gasteiger partial charge on any atom is 0.169 e. The van der Waals surface area contributed by atoms with Gasteiger partial charge < -0.3 is 5.32 Å². The van der Waals surface area contributed by atoms with Crippen molar-refractivity contribution in [2.24, 2.45) is 0 Å². The highest BCUT2D eigenvalue weighted by Crippen LogP contribution is 2.09. The van der Waals surface area contributed by atoms with Crippen LogP contribution < -0.4 is 5.32 Å². The first-order valence-electron chi connectivity index (χ1n) is 4.33. The van der Waals surface area contributed by atoms with Crippen molar-refractivity contribution in [3.05, 3.63) is 28.6 Å². The van der Waals surface area contributed by atoms with Gasteiger partial charge in [0.15, 0.2) is 5.82 Å². The Morgan fingerprint density at radius 1 is 1.47 bits per heavy atom. The molecule has 78 valence electrons. The number of hydrogen-bond donors (Lipinski definition) is 2. The summed E-state index contributed by atoms with van der Waals surface area (Å²) >= 11 is 3.26. The monoisotopic (exact) mass is 268 g/mol. The van der Waals surface area contributed by atoms with E-state index in [1.165, 1.54) is 6.33 Å². The standard InChI is InChI=1S/C8H9BrN6/c1-5-13-8(15-14-5)3-10-7-2-6(9)11-4-12-7/h2,4H,3H2,1H3,(H,10,11,12)(H,13,14,15). The summed E-state index contributed by atoms with van der Waals surface area (Å²) in [6.45, 7) is 2.39. The average Bonchev–Trinajstić information content (AvgIpc) is 2.62. The molecule has 0 aliphatic carbocycles. The lowest BCUT2D eigenvalue weighted by Gasteiger charge is -2.01. The van der Waals surface area contributed by atoms with Crippen molar-refractivity contribution < 1.29 is 0 Å². The Kier molecular flexibility index (Phi) is 2.91. The molecule has 2 heterocycles. The van der Waals surface area contributed by atoms with Crippen molar-refractivity contribution in [3.8, 4) is 0 Å². The Hall–Kier alpha value is -1.50. The summed E-state index contributed by atoms with van der Waals surface area (Å²) in [4.78, 5) is 12.1. The summed E-state index contributed by atoms with van der Waals surface area (Å²) in [6.07, 6.45) is 1.48. The summed E-state index contributed by atoms with van der Waals surface area (Å²) in [5.41, 5.74) is 0. The van der Waals surface area contributed by atoms with Crippen LogP contribution in [0.2, 0.25) is 0 Å². The highest BCUT2D eigenvalue weighted by atomic mass is 79.9. The fraction of sp³-hybridized carbons (Fsp3) is 0.250. The van der Waals surface area contributed by atoms with Crippen molar-refractivity contribution in [3.63, 3.8) is 0 Å². The van der Waals surface area contributed by atoms with Gasteiger partial charge in [-0.2, -0.15) is 5.10 Å². The highest BCUT2D eigenvalue weighted by molar-refractivity contribution is 9.10. The second-order valence-corrected chi connectivity index (χ2v) is 3.73. The quantitative estimate of drug-likeness (QED) is 0.820. The number of anilines is 1. The first-order valence-corrected chi connectivity index (χ1v) is 5.12. The molecule has 0 atom stereocenters. The third-order valence-electron chi connectivity index (χ3n) is 1.70. The maximum atomic E-state index is 4.16. The zero-order chi connectivity index (χ0) is 10.7. The second kappa shape index (κ2) is 4.35. The molecule has 0 aliphatic heterocycles. The van der Waals surface area contributed by atoms with E-state index in [2.05, 4.69) is 46.4 Å². The largest absolute Gasteiger partial charge is 0.363 e. The van der Waals surface area contributed by atoms with Crippen LogP contribution in [-0.4, -0.2) is 25.1 Å². The number of nitrogens with zero attached hydrogens (tertiary/aromatic N) is 4. The fourth-order valence-electron chi connectivity index (χ4n) is 1.07. The number of rotatable bonds is 3. The normalized spacial score (nSPS) is 10.3. The molecule has 15 heavy (non-hydrogen) atoms. The zero-order valence-corrected chi connectivity index (χ0v) is 9.61. The van der Waals surface area contributed by atoms with Gasteiger partial charge in [-0.1, -0.05) is 0 Å². The number of nitrogens with one attached hydrogen (secondary N) is 2. The molecule has 0 fully saturated rings. The highest BCUT2D eigenvalue weighted by Gasteiger charge is 2.00. The Labute approximate surface area is 94.7 Å². The predicted octanol–water partition coefficient (Wildman–Crippen LogP) is 1.28. The van der Waals surface area contributed by atoms with E-state index in [9.17, 15) is 0 Å². The van der Waals surface area contributed by atoms with Crippen LogP contribution in [0.1, 0.15) is 11.6 Å². The van der Waals surface area contributed by atoms with Crippen molar-refractivity contribution in [1.29, 1.82) is 0 Å². The van der Waals surface area contributed by atoms with E-state index in [0.29, 0.717) is 12.4 Å². The molecule has 0 saturated heterocycles. The minimum Gasteiger partial charge on any atom is -0.363 e. The maximum absolute atomic E-state index is 4.16. The molecule has 2 aromatic heterocycles. The van der Waals surface area contributed by atoms with Crippen LogP contribution in [-0.2, 0) is 6.54 Å². The van der Waals surface area contributed by atoms with E-state index in [0.717, 1.165) is 16.2 Å². The minimum atomic E-state index is 0.536. The summed E-state index contributed by atoms with van der Waals surface area (Å²) in [5.74, 6) is 2.25. The molecule has 0 spiro atoms. The number of aromatic amines is 1. The average molecular weight is 269 g/mol. The summed E-state index contributed by atoms with van der Waals surface area (Å²) in [6, 6.07) is 1.79. The number of aryl methyl sites for hydroxylation is 1. The molecule has 2 rings (SSSR count). The van der Waals surface area contributed by atoms with Gasteiger partial charge in [0.05, 0.1) is 6.54 Å². The lowest BCUT2D eigenvalue weighted by molar-refractivity contribution is 0.943. The number of H-pyrrole nitrogens is 1. The van der Waals surface area contributed by atoms with Crippen LogP contribution in [0.4, 0.5) is 5.82 Å². The molecular formula is C8H9BrN6. The Morgan fingerprint density at radius 3 is 3.00 bits per heavy atom. The molecule has 0 aliphatic rings. The molecule has 7 heteroatoms. The van der Waals surface area contributed by atoms with E-state index in [4.69, 9.17) is 0 Å². The third kappa shape index (κ3) is 2.72. The minimum absolute atomic E-state index is 0.536. The van der Waals surface area contributed by atoms with E-state index < -0.39 is 0 Å². The Morgan fingerprint density at radius 2 is 2.33 bits per heavy atom. The Bertz CT molecular complexity index is 454. The van der Waals surface area contributed by atoms with E-state index >= 15 is 0 Å². The van der Waals surface area contributed by atoms with Crippen LogP contribution in [0.25, 0.3) is 0 Å². The van der Waals surface area contributed by atoms with Gasteiger partial charge in [-0.25, -0.2) is 15.0 Å². The number of hydrogen-bond acceptors (Lipinski definition) is 5. The van der Waals surface area contributed by atoms with Gasteiger partial charge in [0.2, 0.25) is 0 Å². The molecule has 2 aromatic rings. The fourth-order valence-corrected chi connectivity index (χ4v) is 1.38. The van der Waals surface area contributed by atoms with Crippen LogP contribution in [0.3, 0.4) is 0 Å². The summed E-state index contributed by atoms with van der Waals surface area (Å²) in [5, 5.41) is 9.86. The van der Waals surface area contributed by atoms with Crippen LogP contribution in [0.15, 0.2) is 17.0 Å². The molecule has 0 unspecified atom stereocenters. The van der Waals surface area contributed by atoms with E-state index in [1.54, 1.807) is 6.07 Å². The third-order valence-corrected chi connectivity index (χ3v) is 2.14. The van der Waals surface area contributed by atoms with Crippen LogP contribution >= 0.6 is 15.9 Å². The molecule has 2 N–H and O–H groups in total. The van der Waals surface area contributed by atoms with Crippen LogP contribution in [0, 0.1) is 6.92 Å². The molecular weight excluding hydrogens is 260 g/mol. The first-order chi connectivity index (χ1) is 7.24. The van der Waals surface area contributed by atoms with Gasteiger partial charge in [-0.3, -0.25) is 5.10 Å².